The Morgan fingerprint density at radius 2 is 1.52 bits per heavy atom. The molecule has 1 nitrogen and oxygen atoms in total. The van der Waals surface area contributed by atoms with Gasteiger partial charge in [-0.1, -0.05) is 95.4 Å². The third-order valence-electron chi connectivity index (χ3n) is 6.45. The fourth-order valence-electron chi connectivity index (χ4n) is 4.12. The Labute approximate surface area is 153 Å². The Balaban J connectivity index is 1.92. The van der Waals surface area contributed by atoms with E-state index < -0.39 is 0 Å². The molecule has 0 spiro atoms. The normalized spacial score (nSPS) is 18.2. The highest BCUT2D eigenvalue weighted by molar-refractivity contribution is 6.74. The van der Waals surface area contributed by atoms with E-state index in [0.717, 1.165) is 22.4 Å². The van der Waals surface area contributed by atoms with Crippen LogP contribution in [0.3, 0.4) is 0 Å². The third kappa shape index (κ3) is 3.10. The topological polar surface area (TPSA) is 12.9 Å². The van der Waals surface area contributed by atoms with Crippen molar-refractivity contribution < 1.29 is 0 Å². The lowest BCUT2D eigenvalue weighted by Crippen LogP contribution is -2.27. The van der Waals surface area contributed by atoms with Gasteiger partial charge >= 0.3 is 0 Å². The molecule has 0 radical (unpaired) electrons. The first-order chi connectivity index (χ1) is 11.8. The molecule has 1 aromatic carbocycles. The van der Waals surface area contributed by atoms with E-state index in [1.54, 1.807) is 0 Å². The average Bonchev–Trinajstić information content (AvgIpc) is 2.82. The molecule has 1 aliphatic rings. The number of benzene rings is 1. The molecule has 2 heteroatoms. The Kier molecular flexibility index (Phi) is 4.49. The van der Waals surface area contributed by atoms with Crippen LogP contribution < -0.4 is 5.46 Å². The van der Waals surface area contributed by atoms with Crippen LogP contribution in [0.2, 0.25) is 12.6 Å². The summed E-state index contributed by atoms with van der Waals surface area (Å²) in [6.07, 6.45) is 8.08. The van der Waals surface area contributed by atoms with Crippen molar-refractivity contribution in [2.24, 2.45) is 10.8 Å². The summed E-state index contributed by atoms with van der Waals surface area (Å²) in [6, 6.07) is 11.0. The molecule has 0 bridgehead atoms. The number of hydrogen-bond donors (Lipinski definition) is 0. The summed E-state index contributed by atoms with van der Waals surface area (Å²) in [5.41, 5.74) is 6.45. The average molecular weight is 329 g/mol. The molecule has 25 heavy (non-hydrogen) atoms. The molecule has 2 aromatic rings. The summed E-state index contributed by atoms with van der Waals surface area (Å²) in [5, 5.41) is 0. The van der Waals surface area contributed by atoms with Crippen LogP contribution in [0.5, 0.6) is 0 Å². The Morgan fingerprint density at radius 1 is 0.920 bits per heavy atom. The van der Waals surface area contributed by atoms with Gasteiger partial charge in [0.05, 0.1) is 5.69 Å². The number of aromatic nitrogens is 1. The highest BCUT2D eigenvalue weighted by atomic mass is 14.7. The minimum absolute atomic E-state index is 0.381. The summed E-state index contributed by atoms with van der Waals surface area (Å²) < 4.78 is 0. The van der Waals surface area contributed by atoms with Crippen molar-refractivity contribution in [3.63, 3.8) is 0 Å². The van der Waals surface area contributed by atoms with Crippen LogP contribution in [-0.2, 0) is 0 Å². The number of hydrogen-bond acceptors (Lipinski definition) is 1. The van der Waals surface area contributed by atoms with E-state index in [2.05, 4.69) is 70.1 Å². The first-order valence-electron chi connectivity index (χ1n) is 9.13. The summed E-state index contributed by atoms with van der Waals surface area (Å²) in [7, 11) is 0. The van der Waals surface area contributed by atoms with Crippen molar-refractivity contribution >= 4 is 24.3 Å². The molecular formula is C23H28BN. The van der Waals surface area contributed by atoms with Gasteiger partial charge in [0.15, 0.2) is 6.71 Å². The van der Waals surface area contributed by atoms with Gasteiger partial charge in [-0.2, -0.15) is 0 Å². The summed E-state index contributed by atoms with van der Waals surface area (Å²) in [4.78, 5) is 4.58. The van der Waals surface area contributed by atoms with Crippen LogP contribution in [0, 0.1) is 10.8 Å². The fourth-order valence-corrected chi connectivity index (χ4v) is 4.12. The maximum absolute atomic E-state index is 4.58. The summed E-state index contributed by atoms with van der Waals surface area (Å²) >= 11 is 0. The van der Waals surface area contributed by atoms with Crippen molar-refractivity contribution in [3.8, 4) is 11.3 Å². The van der Waals surface area contributed by atoms with Gasteiger partial charge in [-0.3, -0.25) is 4.98 Å². The Hall–Kier alpha value is -2.09. The van der Waals surface area contributed by atoms with Gasteiger partial charge < -0.3 is 0 Å². The predicted octanol–water partition coefficient (Wildman–Crippen LogP) is 5.80. The zero-order chi connectivity index (χ0) is 18.2. The quantitative estimate of drug-likeness (QED) is 0.646. The molecular weight excluding hydrogens is 301 g/mol. The zero-order valence-electron chi connectivity index (χ0n) is 16.0. The monoisotopic (exact) mass is 329 g/mol. The molecule has 1 fully saturated rings. The SMILES string of the molecule is C=Cc1ccnc(-c2ccc(B3CC(C)(C)C(C)(C)C3)cc2)c1C=C. The van der Waals surface area contributed by atoms with Gasteiger partial charge in [0, 0.05) is 17.3 Å². The van der Waals surface area contributed by atoms with E-state index in [9.17, 15) is 0 Å². The third-order valence-corrected chi connectivity index (χ3v) is 6.45. The molecule has 0 amide bonds. The maximum Gasteiger partial charge on any atom is 0.176 e. The van der Waals surface area contributed by atoms with Crippen LogP contribution >= 0.6 is 0 Å². The highest BCUT2D eigenvalue weighted by Crippen LogP contribution is 2.52. The van der Waals surface area contributed by atoms with Crippen molar-refractivity contribution in [1.82, 2.24) is 4.98 Å². The highest BCUT2D eigenvalue weighted by Gasteiger charge is 2.47. The molecule has 0 atom stereocenters. The molecule has 1 aliphatic heterocycles. The first kappa shape index (κ1) is 17.7. The smallest absolute Gasteiger partial charge is 0.176 e. The summed E-state index contributed by atoms with van der Waals surface area (Å²) in [5.74, 6) is 0. The number of nitrogens with zero attached hydrogens (tertiary/aromatic N) is 1. The second kappa shape index (κ2) is 6.33. The van der Waals surface area contributed by atoms with E-state index in [0.29, 0.717) is 17.5 Å². The van der Waals surface area contributed by atoms with Crippen LogP contribution in [0.1, 0.15) is 38.8 Å². The molecule has 0 unspecified atom stereocenters. The second-order valence-corrected chi connectivity index (χ2v) is 8.57. The molecule has 1 saturated heterocycles. The van der Waals surface area contributed by atoms with Gasteiger partial charge in [-0.15, -0.1) is 0 Å². The van der Waals surface area contributed by atoms with Crippen molar-refractivity contribution in [2.75, 3.05) is 0 Å². The summed E-state index contributed by atoms with van der Waals surface area (Å²) in [6.45, 7) is 18.1. The van der Waals surface area contributed by atoms with Gasteiger partial charge in [-0.25, -0.2) is 0 Å². The van der Waals surface area contributed by atoms with Crippen molar-refractivity contribution in [2.45, 2.75) is 40.3 Å². The van der Waals surface area contributed by atoms with Gasteiger partial charge in [-0.05, 0) is 22.5 Å². The van der Waals surface area contributed by atoms with Crippen molar-refractivity contribution in [3.05, 3.63) is 60.8 Å². The maximum atomic E-state index is 4.58. The van der Waals surface area contributed by atoms with Crippen LogP contribution in [0.15, 0.2) is 49.7 Å². The Morgan fingerprint density at radius 3 is 2.04 bits per heavy atom. The molecule has 128 valence electrons. The van der Waals surface area contributed by atoms with Crippen LogP contribution in [-0.4, -0.2) is 11.7 Å². The van der Waals surface area contributed by atoms with Gasteiger partial charge in [0.25, 0.3) is 0 Å². The lowest BCUT2D eigenvalue weighted by Gasteiger charge is -2.35. The van der Waals surface area contributed by atoms with Crippen LogP contribution in [0.25, 0.3) is 23.4 Å². The van der Waals surface area contributed by atoms with Crippen LogP contribution in [0.4, 0.5) is 0 Å². The van der Waals surface area contributed by atoms with E-state index in [-0.39, 0.29) is 0 Å². The lowest BCUT2D eigenvalue weighted by atomic mass is 9.42. The standard InChI is InChI=1S/C23H28BN/c1-7-17-13-14-25-21(20(17)8-2)18-9-11-19(12-10-18)24-15-22(3,4)23(5,6)16-24/h7-14H,1-2,15-16H2,3-6H3. The Bertz CT molecular complexity index is 783. The predicted molar refractivity (Wildman–Crippen MR) is 112 cm³/mol. The van der Waals surface area contributed by atoms with E-state index in [1.165, 1.54) is 18.1 Å². The van der Waals surface area contributed by atoms with Crippen molar-refractivity contribution in [1.29, 1.82) is 0 Å². The minimum Gasteiger partial charge on any atom is -0.256 e. The first-order valence-corrected chi connectivity index (χ1v) is 9.13. The number of pyridine rings is 1. The van der Waals surface area contributed by atoms with E-state index in [1.807, 2.05) is 24.4 Å². The van der Waals surface area contributed by atoms with Gasteiger partial charge in [0.1, 0.15) is 0 Å². The minimum atomic E-state index is 0.381. The molecule has 0 aliphatic carbocycles. The molecule has 1 aromatic heterocycles. The second-order valence-electron chi connectivity index (χ2n) is 8.57. The fraction of sp³-hybridized carbons (Fsp3) is 0.348. The molecule has 2 heterocycles. The van der Waals surface area contributed by atoms with Gasteiger partial charge in [0.2, 0.25) is 0 Å². The molecule has 3 rings (SSSR count). The molecule has 0 N–H and O–H groups in total. The van der Waals surface area contributed by atoms with E-state index >= 15 is 0 Å². The lowest BCUT2D eigenvalue weighted by molar-refractivity contribution is 0.177. The zero-order valence-corrected chi connectivity index (χ0v) is 16.0. The molecule has 0 saturated carbocycles. The van der Waals surface area contributed by atoms with E-state index in [4.69, 9.17) is 0 Å². The largest absolute Gasteiger partial charge is 0.256 e. The number of rotatable bonds is 4.